The molecule has 0 heterocycles. The van der Waals surface area contributed by atoms with Crippen LogP contribution in [-0.2, 0) is 19.1 Å². The summed E-state index contributed by atoms with van der Waals surface area (Å²) in [6.07, 6.45) is 1.03. The Morgan fingerprint density at radius 2 is 1.31 bits per heavy atom. The number of nitrogens with zero attached hydrogens (tertiary/aromatic N) is 2. The van der Waals surface area contributed by atoms with E-state index in [1.54, 1.807) is 0 Å². The van der Waals surface area contributed by atoms with Crippen LogP contribution in [0.25, 0.3) is 0 Å². The van der Waals surface area contributed by atoms with E-state index in [0.717, 1.165) is 30.5 Å². The largest absolute Gasteiger partial charge is 0.465 e. The van der Waals surface area contributed by atoms with Crippen LogP contribution < -0.4 is 0 Å². The van der Waals surface area contributed by atoms with Gasteiger partial charge in [-0.25, -0.2) is 0 Å². The molecule has 0 fully saturated rings. The third-order valence-electron chi connectivity index (χ3n) is 6.33. The van der Waals surface area contributed by atoms with Crippen molar-refractivity contribution >= 4 is 68.5 Å². The van der Waals surface area contributed by atoms with Gasteiger partial charge in [-0.2, -0.15) is 0 Å². The Hall–Kier alpha value is -0.580. The summed E-state index contributed by atoms with van der Waals surface area (Å²) in [5.41, 5.74) is -0.551. The topological polar surface area (TPSA) is 59.1 Å². The van der Waals surface area contributed by atoms with Gasteiger partial charge in [-0.05, 0) is 67.2 Å². The summed E-state index contributed by atoms with van der Waals surface area (Å²) in [5, 5.41) is 0. The van der Waals surface area contributed by atoms with Gasteiger partial charge in [0, 0.05) is 31.9 Å². The monoisotopic (exact) mass is 566 g/mol. The Morgan fingerprint density at radius 1 is 0.829 bits per heavy atom. The minimum Gasteiger partial charge on any atom is -0.465 e. The van der Waals surface area contributed by atoms with Crippen LogP contribution in [0.4, 0.5) is 0 Å². The van der Waals surface area contributed by atoms with Gasteiger partial charge >= 0.3 is 11.9 Å². The number of rotatable bonds is 15. The van der Waals surface area contributed by atoms with E-state index in [4.69, 9.17) is 33.9 Å². The van der Waals surface area contributed by atoms with E-state index in [2.05, 4.69) is 23.6 Å². The summed E-state index contributed by atoms with van der Waals surface area (Å²) in [5.74, 6) is 0.249. The minimum absolute atomic E-state index is 0.171. The standard InChI is InChI=1S/C25H46N2O4S4/c1-10-26(11-2)22(32)34-18-17-31-21(29)25(9,35-23(33)27(12-3)13-4)15-14-16-30-20(28)24(7,8)19(5)6/h19H,10-18H2,1-9H3. The molecule has 0 rings (SSSR count). The van der Waals surface area contributed by atoms with Crippen LogP contribution in [0.3, 0.4) is 0 Å². The van der Waals surface area contributed by atoms with E-state index < -0.39 is 10.2 Å². The van der Waals surface area contributed by atoms with E-state index >= 15 is 0 Å². The van der Waals surface area contributed by atoms with Crippen molar-refractivity contribution in [1.29, 1.82) is 0 Å². The molecular formula is C25H46N2O4S4. The van der Waals surface area contributed by atoms with Crippen molar-refractivity contribution in [2.45, 2.75) is 79.9 Å². The lowest BCUT2D eigenvalue weighted by atomic mass is 9.81. The van der Waals surface area contributed by atoms with Gasteiger partial charge in [0.05, 0.1) is 12.0 Å². The molecule has 0 aromatic rings. The Bertz CT molecular complexity index is 695. The van der Waals surface area contributed by atoms with Crippen molar-refractivity contribution < 1.29 is 19.1 Å². The van der Waals surface area contributed by atoms with Gasteiger partial charge in [0.1, 0.15) is 20.0 Å². The molecule has 0 spiro atoms. The van der Waals surface area contributed by atoms with Gasteiger partial charge in [0.15, 0.2) is 0 Å². The first kappa shape index (κ1) is 34.4. The van der Waals surface area contributed by atoms with E-state index in [9.17, 15) is 9.59 Å². The van der Waals surface area contributed by atoms with Crippen LogP contribution in [0.5, 0.6) is 0 Å². The number of hydrogen-bond acceptors (Lipinski definition) is 8. The van der Waals surface area contributed by atoms with E-state index in [-0.39, 0.29) is 31.1 Å². The summed E-state index contributed by atoms with van der Waals surface area (Å²) >= 11 is 14.0. The van der Waals surface area contributed by atoms with Gasteiger partial charge in [-0.3, -0.25) is 9.59 Å². The molecule has 10 heteroatoms. The van der Waals surface area contributed by atoms with Crippen molar-refractivity contribution in [2.24, 2.45) is 11.3 Å². The Labute approximate surface area is 233 Å². The summed E-state index contributed by atoms with van der Waals surface area (Å²) in [6.45, 7) is 21.7. The first-order valence-electron chi connectivity index (χ1n) is 12.5. The molecule has 0 amide bonds. The smallest absolute Gasteiger partial charge is 0.322 e. The van der Waals surface area contributed by atoms with Crippen LogP contribution in [0.2, 0.25) is 0 Å². The normalized spacial score (nSPS) is 13.2. The predicted molar refractivity (Wildman–Crippen MR) is 159 cm³/mol. The van der Waals surface area contributed by atoms with E-state index in [1.807, 2.05) is 48.5 Å². The zero-order valence-corrected chi connectivity index (χ0v) is 26.4. The maximum absolute atomic E-state index is 13.2. The average molecular weight is 567 g/mol. The number of ether oxygens (including phenoxy) is 2. The van der Waals surface area contributed by atoms with Crippen molar-refractivity contribution in [2.75, 3.05) is 45.1 Å². The third-order valence-corrected chi connectivity index (χ3v) is 9.58. The molecule has 35 heavy (non-hydrogen) atoms. The SMILES string of the molecule is CCN(CC)C(=S)SCCOC(=O)C(C)(CCCOC(=O)C(C)(C)C(C)C)SC(=S)N(CC)CC. The lowest BCUT2D eigenvalue weighted by Gasteiger charge is -2.31. The van der Waals surface area contributed by atoms with Crippen molar-refractivity contribution in [1.82, 2.24) is 9.80 Å². The molecule has 204 valence electrons. The van der Waals surface area contributed by atoms with Crippen molar-refractivity contribution in [3.63, 3.8) is 0 Å². The van der Waals surface area contributed by atoms with Gasteiger partial charge in [0.25, 0.3) is 0 Å². The summed E-state index contributed by atoms with van der Waals surface area (Å²) in [4.78, 5) is 29.8. The zero-order valence-electron chi connectivity index (χ0n) is 23.1. The predicted octanol–water partition coefficient (Wildman–Crippen LogP) is 6.01. The first-order valence-corrected chi connectivity index (χ1v) is 15.2. The van der Waals surface area contributed by atoms with Gasteiger partial charge in [0.2, 0.25) is 0 Å². The molecule has 1 atom stereocenters. The molecule has 6 nitrogen and oxygen atoms in total. The molecule has 0 bridgehead atoms. The maximum atomic E-state index is 13.2. The lowest BCUT2D eigenvalue weighted by Crippen LogP contribution is -2.39. The molecule has 1 unspecified atom stereocenters. The highest BCUT2D eigenvalue weighted by atomic mass is 32.2. The number of thioether (sulfide) groups is 2. The fourth-order valence-corrected chi connectivity index (χ4v) is 6.18. The molecule has 0 N–H and O–H groups in total. The highest BCUT2D eigenvalue weighted by Crippen LogP contribution is 2.34. The van der Waals surface area contributed by atoms with Crippen molar-refractivity contribution in [3.8, 4) is 0 Å². The fraction of sp³-hybridized carbons (Fsp3) is 0.840. The lowest BCUT2D eigenvalue weighted by molar-refractivity contribution is -0.156. The molecule has 0 aliphatic rings. The second-order valence-corrected chi connectivity index (χ2v) is 13.2. The molecule has 0 saturated heterocycles. The molecule has 0 aliphatic carbocycles. The summed E-state index contributed by atoms with van der Waals surface area (Å²) in [7, 11) is 0. The number of carbonyl (C=O) groups excluding carboxylic acids is 2. The van der Waals surface area contributed by atoms with Gasteiger partial charge < -0.3 is 19.3 Å². The summed E-state index contributed by atoms with van der Waals surface area (Å²) in [6, 6.07) is 0. The zero-order chi connectivity index (χ0) is 27.2. The Morgan fingerprint density at radius 3 is 1.80 bits per heavy atom. The number of hydrogen-bond donors (Lipinski definition) is 0. The number of esters is 2. The van der Waals surface area contributed by atoms with Crippen LogP contribution >= 0.6 is 48.0 Å². The first-order chi connectivity index (χ1) is 16.3. The van der Waals surface area contributed by atoms with Crippen LogP contribution in [0, 0.1) is 11.3 Å². The molecule has 0 aliphatic heterocycles. The molecule has 0 saturated carbocycles. The third kappa shape index (κ3) is 11.6. The Balaban J connectivity index is 5.10. The summed E-state index contributed by atoms with van der Waals surface area (Å²) < 4.78 is 11.8. The Kier molecular flexibility index (Phi) is 16.7. The maximum Gasteiger partial charge on any atom is 0.322 e. The second-order valence-electron chi connectivity index (χ2n) is 9.31. The van der Waals surface area contributed by atoms with Crippen LogP contribution in [0.15, 0.2) is 0 Å². The van der Waals surface area contributed by atoms with Gasteiger partial charge in [-0.15, -0.1) is 0 Å². The molecule has 0 aromatic carbocycles. The number of carbonyl (C=O) groups is 2. The van der Waals surface area contributed by atoms with E-state index in [1.165, 1.54) is 23.5 Å². The minimum atomic E-state index is -0.871. The average Bonchev–Trinajstić information content (AvgIpc) is 2.80. The number of thiocarbonyl (C=S) groups is 2. The molecule has 0 aromatic heterocycles. The van der Waals surface area contributed by atoms with Crippen molar-refractivity contribution in [3.05, 3.63) is 0 Å². The highest BCUT2D eigenvalue weighted by molar-refractivity contribution is 8.24. The quantitative estimate of drug-likeness (QED) is 0.134. The van der Waals surface area contributed by atoms with E-state index in [0.29, 0.717) is 22.9 Å². The fourth-order valence-electron chi connectivity index (χ4n) is 2.92. The highest BCUT2D eigenvalue weighted by Gasteiger charge is 2.38. The molecule has 0 radical (unpaired) electrons. The van der Waals surface area contributed by atoms with Gasteiger partial charge in [-0.1, -0.05) is 61.8 Å². The van der Waals surface area contributed by atoms with Crippen LogP contribution in [-0.4, -0.2) is 80.3 Å². The van der Waals surface area contributed by atoms with Crippen LogP contribution in [0.1, 0.15) is 75.2 Å². The molecular weight excluding hydrogens is 521 g/mol. The second kappa shape index (κ2) is 17.0.